The molecular weight excluding hydrogens is 354 g/mol. The first-order chi connectivity index (χ1) is 13.1. The molecule has 0 saturated heterocycles. The van der Waals surface area contributed by atoms with E-state index in [9.17, 15) is 15.0 Å². The van der Waals surface area contributed by atoms with Gasteiger partial charge in [0.25, 0.3) is 5.91 Å². The molecule has 2 heterocycles. The molecule has 5 heteroatoms. The largest absolute Gasteiger partial charge is 0.508 e. The predicted molar refractivity (Wildman–Crippen MR) is 105 cm³/mol. The molecule has 28 heavy (non-hydrogen) atoms. The average molecular weight is 386 g/mol. The van der Waals surface area contributed by atoms with Crippen LogP contribution in [-0.4, -0.2) is 27.8 Å². The van der Waals surface area contributed by atoms with Gasteiger partial charge in [-0.3, -0.25) is 4.79 Å². The maximum absolute atomic E-state index is 12.2. The normalized spacial score (nSPS) is 40.5. The summed E-state index contributed by atoms with van der Waals surface area (Å²) in [6.07, 6.45) is 4.09. The number of nitrogens with one attached hydrogen (secondary N) is 1. The summed E-state index contributed by atoms with van der Waals surface area (Å²) in [5.41, 5.74) is 1.53. The molecule has 2 aliphatic heterocycles. The molecule has 1 aromatic carbocycles. The van der Waals surface area contributed by atoms with Crippen molar-refractivity contribution < 1.29 is 19.7 Å². The van der Waals surface area contributed by atoms with Crippen LogP contribution < -0.4 is 10.1 Å². The van der Waals surface area contributed by atoms with Gasteiger partial charge in [-0.2, -0.15) is 0 Å². The third kappa shape index (κ3) is 1.99. The van der Waals surface area contributed by atoms with Crippen LogP contribution in [0.3, 0.4) is 0 Å². The summed E-state index contributed by atoms with van der Waals surface area (Å²) < 4.78 is 6.99. The Labute approximate surface area is 166 Å². The van der Waals surface area contributed by atoms with E-state index in [2.05, 4.69) is 33.0 Å². The van der Waals surface area contributed by atoms with E-state index in [-0.39, 0.29) is 40.1 Å². The zero-order valence-corrected chi connectivity index (χ0v) is 17.3. The number of fused-ring (bicyclic) bond motifs is 3. The molecule has 152 valence electrons. The summed E-state index contributed by atoms with van der Waals surface area (Å²) in [6.45, 7) is 9.43. The van der Waals surface area contributed by atoms with E-state index in [1.165, 1.54) is 0 Å². The average Bonchev–Trinajstić information content (AvgIpc) is 3.00. The minimum Gasteiger partial charge on any atom is -0.508 e. The molecule has 5 atom stereocenters. The maximum atomic E-state index is 12.2. The molecule has 2 aliphatic carbocycles. The van der Waals surface area contributed by atoms with Gasteiger partial charge in [0.1, 0.15) is 17.1 Å². The number of aliphatic hydroxyl groups is 1. The third-order valence-electron chi connectivity index (χ3n) is 9.01. The summed E-state index contributed by atoms with van der Waals surface area (Å²) in [5.74, 6) is 1.44. The Morgan fingerprint density at radius 1 is 1.18 bits per heavy atom. The summed E-state index contributed by atoms with van der Waals surface area (Å²) in [5, 5.41) is 24.4. The SMILES string of the molecule is C[C@H]1CC[C@H]2C(C)(C)C(O)CC[C@@]23Oc2c(c(O)cc4c2CNC4=O)C[C@@]13C. The highest BCUT2D eigenvalue weighted by Crippen LogP contribution is 2.66. The third-order valence-corrected chi connectivity index (χ3v) is 9.01. The minimum absolute atomic E-state index is 0.123. The molecule has 1 aromatic rings. The Morgan fingerprint density at radius 3 is 2.68 bits per heavy atom. The maximum Gasteiger partial charge on any atom is 0.252 e. The first-order valence-corrected chi connectivity index (χ1v) is 10.6. The lowest BCUT2D eigenvalue weighted by atomic mass is 9.43. The van der Waals surface area contributed by atoms with Crippen molar-refractivity contribution in [3.05, 3.63) is 22.8 Å². The summed E-state index contributed by atoms with van der Waals surface area (Å²) >= 11 is 0. The Kier molecular flexibility index (Phi) is 3.55. The van der Waals surface area contributed by atoms with Crippen molar-refractivity contribution in [1.29, 1.82) is 0 Å². The lowest BCUT2D eigenvalue weighted by molar-refractivity contribution is -0.233. The van der Waals surface area contributed by atoms with E-state index in [1.54, 1.807) is 6.07 Å². The Bertz CT molecular complexity index is 878. The number of aliphatic hydroxyl groups excluding tert-OH is 1. The van der Waals surface area contributed by atoms with E-state index < -0.39 is 0 Å². The fourth-order valence-electron chi connectivity index (χ4n) is 6.95. The number of aromatic hydroxyl groups is 1. The first kappa shape index (κ1) is 18.3. The van der Waals surface area contributed by atoms with Gasteiger partial charge >= 0.3 is 0 Å². The van der Waals surface area contributed by atoms with Crippen molar-refractivity contribution in [2.45, 2.75) is 78.0 Å². The minimum atomic E-state index is -0.381. The standard InChI is InChI=1S/C23H31NO4/c1-12-5-6-17-21(2,3)18(26)7-8-23(17)22(12,4)10-14-16(25)9-13-15(19(14)28-23)11-24-20(13)27/h9,12,17-18,25-26H,5-8,10-11H2,1-4H3,(H,24,27)/t12-,17-,18?,22-,23+/m0/s1. The molecule has 4 aliphatic rings. The molecule has 2 fully saturated rings. The van der Waals surface area contributed by atoms with Gasteiger partial charge in [-0.05, 0) is 49.5 Å². The van der Waals surface area contributed by atoms with Crippen LogP contribution in [0, 0.1) is 22.7 Å². The predicted octanol–water partition coefficient (Wildman–Crippen LogP) is 3.54. The van der Waals surface area contributed by atoms with Gasteiger partial charge in [0.2, 0.25) is 0 Å². The molecule has 1 spiro atoms. The molecule has 2 saturated carbocycles. The number of hydrogen-bond acceptors (Lipinski definition) is 4. The van der Waals surface area contributed by atoms with Crippen molar-refractivity contribution in [3.8, 4) is 11.5 Å². The molecule has 1 unspecified atom stereocenters. The van der Waals surface area contributed by atoms with Gasteiger partial charge in [-0.15, -0.1) is 0 Å². The fraction of sp³-hybridized carbons (Fsp3) is 0.696. The number of carbonyl (C=O) groups excluding carboxylic acids is 1. The van der Waals surface area contributed by atoms with Crippen molar-refractivity contribution in [2.24, 2.45) is 22.7 Å². The zero-order valence-electron chi connectivity index (χ0n) is 17.3. The highest BCUT2D eigenvalue weighted by atomic mass is 16.5. The van der Waals surface area contributed by atoms with Gasteiger partial charge in [0, 0.05) is 29.0 Å². The van der Waals surface area contributed by atoms with E-state index in [4.69, 9.17) is 4.74 Å². The number of carbonyl (C=O) groups is 1. The highest BCUT2D eigenvalue weighted by molar-refractivity contribution is 6.00. The van der Waals surface area contributed by atoms with E-state index in [1.807, 2.05) is 0 Å². The number of hydrogen-bond donors (Lipinski definition) is 3. The number of rotatable bonds is 0. The molecule has 5 nitrogen and oxygen atoms in total. The number of amides is 1. The first-order valence-electron chi connectivity index (χ1n) is 10.6. The van der Waals surface area contributed by atoms with Crippen molar-refractivity contribution in [1.82, 2.24) is 5.32 Å². The van der Waals surface area contributed by atoms with Crippen LogP contribution in [0.1, 0.15) is 74.9 Å². The second kappa shape index (κ2) is 5.44. The van der Waals surface area contributed by atoms with Crippen LogP contribution in [-0.2, 0) is 13.0 Å². The quantitative estimate of drug-likeness (QED) is 0.638. The molecular formula is C23H31NO4. The fourth-order valence-corrected chi connectivity index (χ4v) is 6.95. The summed E-state index contributed by atoms with van der Waals surface area (Å²) in [4.78, 5) is 12.2. The Morgan fingerprint density at radius 2 is 1.93 bits per heavy atom. The van der Waals surface area contributed by atoms with Gasteiger partial charge in [-0.25, -0.2) is 0 Å². The smallest absolute Gasteiger partial charge is 0.252 e. The van der Waals surface area contributed by atoms with Crippen molar-refractivity contribution in [3.63, 3.8) is 0 Å². The molecule has 5 rings (SSSR count). The van der Waals surface area contributed by atoms with E-state index >= 15 is 0 Å². The van der Waals surface area contributed by atoms with Crippen LogP contribution in [0.2, 0.25) is 0 Å². The second-order valence-corrected chi connectivity index (χ2v) is 10.4. The van der Waals surface area contributed by atoms with Crippen LogP contribution in [0.25, 0.3) is 0 Å². The zero-order chi connectivity index (χ0) is 20.1. The number of benzene rings is 1. The molecule has 3 N–H and O–H groups in total. The Hall–Kier alpha value is -1.75. The van der Waals surface area contributed by atoms with Gasteiger partial charge in [0.15, 0.2) is 0 Å². The summed E-state index contributed by atoms with van der Waals surface area (Å²) in [6, 6.07) is 1.61. The van der Waals surface area contributed by atoms with Gasteiger partial charge in [0.05, 0.1) is 11.7 Å². The Balaban J connectivity index is 1.73. The van der Waals surface area contributed by atoms with Crippen LogP contribution >= 0.6 is 0 Å². The molecule has 0 radical (unpaired) electrons. The van der Waals surface area contributed by atoms with Crippen LogP contribution in [0.15, 0.2) is 6.07 Å². The topological polar surface area (TPSA) is 78.8 Å². The highest BCUT2D eigenvalue weighted by Gasteiger charge is 2.67. The number of phenols is 1. The second-order valence-electron chi connectivity index (χ2n) is 10.4. The molecule has 0 aromatic heterocycles. The van der Waals surface area contributed by atoms with Crippen LogP contribution in [0.5, 0.6) is 11.5 Å². The van der Waals surface area contributed by atoms with Gasteiger partial charge in [-0.1, -0.05) is 27.7 Å². The van der Waals surface area contributed by atoms with Gasteiger partial charge < -0.3 is 20.3 Å². The van der Waals surface area contributed by atoms with Crippen molar-refractivity contribution in [2.75, 3.05) is 0 Å². The number of ether oxygens (including phenoxy) is 1. The lowest BCUT2D eigenvalue weighted by Crippen LogP contribution is -2.70. The molecule has 0 bridgehead atoms. The lowest BCUT2D eigenvalue weighted by Gasteiger charge is -2.67. The molecule has 1 amide bonds. The monoisotopic (exact) mass is 385 g/mol. The summed E-state index contributed by atoms with van der Waals surface area (Å²) in [7, 11) is 0. The van der Waals surface area contributed by atoms with Crippen LogP contribution in [0.4, 0.5) is 0 Å². The van der Waals surface area contributed by atoms with E-state index in [0.29, 0.717) is 18.0 Å². The number of phenolic OH excluding ortho intramolecular Hbond substituents is 1. The van der Waals surface area contributed by atoms with E-state index in [0.717, 1.165) is 49.0 Å². The van der Waals surface area contributed by atoms with Crippen molar-refractivity contribution >= 4 is 5.91 Å².